The summed E-state index contributed by atoms with van der Waals surface area (Å²) in [6.07, 6.45) is 0. The molecule has 0 aliphatic heterocycles. The quantitative estimate of drug-likeness (QED) is 0.527. The van der Waals surface area contributed by atoms with Gasteiger partial charge >= 0.3 is 11.9 Å². The number of hydrogen-bond donors (Lipinski definition) is 0. The van der Waals surface area contributed by atoms with Gasteiger partial charge in [0, 0.05) is 19.6 Å². The van der Waals surface area contributed by atoms with E-state index in [9.17, 15) is 9.59 Å². The molecule has 0 saturated heterocycles. The predicted octanol–water partition coefficient (Wildman–Crippen LogP) is 3.66. The van der Waals surface area contributed by atoms with E-state index in [1.54, 1.807) is 41.7 Å². The van der Waals surface area contributed by atoms with Crippen molar-refractivity contribution in [1.82, 2.24) is 0 Å². The molecule has 23 heavy (non-hydrogen) atoms. The number of hydrogen-bond acceptors (Lipinski definition) is 5. The minimum atomic E-state index is -0.999. The molecule has 0 aliphatic rings. The van der Waals surface area contributed by atoms with Crippen molar-refractivity contribution in [3.63, 3.8) is 0 Å². The summed E-state index contributed by atoms with van der Waals surface area (Å²) in [6.45, 7) is 19.4. The summed E-state index contributed by atoms with van der Waals surface area (Å²) >= 11 is 0. The van der Waals surface area contributed by atoms with E-state index in [1.807, 2.05) is 20.8 Å². The van der Waals surface area contributed by atoms with E-state index in [-0.39, 0.29) is 0 Å². The fraction of sp³-hybridized carbons (Fsp3) is 0.778. The van der Waals surface area contributed by atoms with Gasteiger partial charge in [-0.2, -0.15) is 0 Å². The van der Waals surface area contributed by atoms with Crippen LogP contribution in [0.15, 0.2) is 12.2 Å². The van der Waals surface area contributed by atoms with Gasteiger partial charge in [-0.05, 0) is 55.4 Å². The normalized spacial score (nSPS) is 15.6. The second-order valence-corrected chi connectivity index (χ2v) is 7.62. The van der Waals surface area contributed by atoms with E-state index >= 15 is 0 Å². The summed E-state index contributed by atoms with van der Waals surface area (Å²) in [5, 5.41) is 0. The zero-order valence-electron chi connectivity index (χ0n) is 16.2. The second-order valence-electron chi connectivity index (χ2n) is 7.62. The molecule has 0 aromatic heterocycles. The molecule has 0 fully saturated rings. The third kappa shape index (κ3) is 3.94. The SMILES string of the molecule is C=C(C)C(=O)OC(C)(C)C(C)(C(C)(C)OC)C(C)(C)OC(C)=O. The standard InChI is InChI=1S/C18H32O5/c1-12(2)14(20)23-17(8,9)18(10,15(4,5)21-11)16(6,7)22-13(3)19/h1H2,2-11H3. The topological polar surface area (TPSA) is 61.8 Å². The zero-order valence-corrected chi connectivity index (χ0v) is 16.2. The van der Waals surface area contributed by atoms with Crippen LogP contribution in [0, 0.1) is 5.41 Å². The summed E-state index contributed by atoms with van der Waals surface area (Å²) in [7, 11) is 1.58. The van der Waals surface area contributed by atoms with Gasteiger partial charge < -0.3 is 14.2 Å². The molecular formula is C18H32O5. The minimum Gasteiger partial charge on any atom is -0.459 e. The first-order valence-electron chi connectivity index (χ1n) is 7.69. The Kier molecular flexibility index (Phi) is 6.24. The lowest BCUT2D eigenvalue weighted by molar-refractivity contribution is -0.259. The van der Waals surface area contributed by atoms with E-state index in [2.05, 4.69) is 6.58 Å². The molecule has 0 aromatic rings. The van der Waals surface area contributed by atoms with Gasteiger partial charge in [-0.15, -0.1) is 0 Å². The Balaban J connectivity index is 6.22. The van der Waals surface area contributed by atoms with Crippen LogP contribution in [0.5, 0.6) is 0 Å². The van der Waals surface area contributed by atoms with Crippen molar-refractivity contribution in [1.29, 1.82) is 0 Å². The molecule has 0 rings (SSSR count). The lowest BCUT2D eigenvalue weighted by atomic mass is 9.56. The molecule has 1 atom stereocenters. The molecule has 0 spiro atoms. The Morgan fingerprint density at radius 2 is 1.17 bits per heavy atom. The van der Waals surface area contributed by atoms with E-state index in [4.69, 9.17) is 14.2 Å². The van der Waals surface area contributed by atoms with E-state index in [0.29, 0.717) is 5.57 Å². The number of esters is 2. The Hall–Kier alpha value is -1.36. The molecule has 0 heterocycles. The highest BCUT2D eigenvalue weighted by atomic mass is 16.6. The highest BCUT2D eigenvalue weighted by Gasteiger charge is 2.64. The van der Waals surface area contributed by atoms with Crippen LogP contribution < -0.4 is 0 Å². The molecule has 0 aromatic carbocycles. The molecular weight excluding hydrogens is 296 g/mol. The van der Waals surface area contributed by atoms with Crippen molar-refractivity contribution < 1.29 is 23.8 Å². The number of methoxy groups -OCH3 is 1. The van der Waals surface area contributed by atoms with Crippen molar-refractivity contribution >= 4 is 11.9 Å². The molecule has 0 amide bonds. The smallest absolute Gasteiger partial charge is 0.333 e. The Labute approximate surface area is 140 Å². The number of ether oxygens (including phenoxy) is 3. The summed E-state index contributed by atoms with van der Waals surface area (Å²) < 4.78 is 17.0. The highest BCUT2D eigenvalue weighted by molar-refractivity contribution is 5.87. The predicted molar refractivity (Wildman–Crippen MR) is 90.0 cm³/mol. The third-order valence-corrected chi connectivity index (χ3v) is 5.22. The molecule has 0 aliphatic carbocycles. The first-order chi connectivity index (χ1) is 10.1. The van der Waals surface area contributed by atoms with Gasteiger partial charge in [-0.25, -0.2) is 4.79 Å². The maximum absolute atomic E-state index is 12.1. The second kappa shape index (κ2) is 6.63. The molecule has 5 nitrogen and oxygen atoms in total. The van der Waals surface area contributed by atoms with Crippen LogP contribution in [0.4, 0.5) is 0 Å². The lowest BCUT2D eigenvalue weighted by Gasteiger charge is -2.58. The molecule has 134 valence electrons. The van der Waals surface area contributed by atoms with Gasteiger partial charge in [0.15, 0.2) is 0 Å². The number of rotatable bonds is 7. The van der Waals surface area contributed by atoms with Crippen LogP contribution in [0.25, 0.3) is 0 Å². The van der Waals surface area contributed by atoms with E-state index < -0.39 is 34.2 Å². The fourth-order valence-electron chi connectivity index (χ4n) is 3.26. The summed E-state index contributed by atoms with van der Waals surface area (Å²) in [5.41, 5.74) is -3.27. The molecule has 5 heteroatoms. The van der Waals surface area contributed by atoms with Gasteiger partial charge in [0.1, 0.15) is 11.2 Å². The Morgan fingerprint density at radius 1 is 0.783 bits per heavy atom. The van der Waals surface area contributed by atoms with Crippen molar-refractivity contribution in [3.05, 3.63) is 12.2 Å². The van der Waals surface area contributed by atoms with Gasteiger partial charge in [0.25, 0.3) is 0 Å². The van der Waals surface area contributed by atoms with Crippen LogP contribution >= 0.6 is 0 Å². The number of carbonyl (C=O) groups excluding carboxylic acids is 2. The molecule has 0 N–H and O–H groups in total. The molecule has 0 radical (unpaired) electrons. The monoisotopic (exact) mass is 328 g/mol. The van der Waals surface area contributed by atoms with Crippen LogP contribution in [-0.4, -0.2) is 35.9 Å². The van der Waals surface area contributed by atoms with Crippen LogP contribution in [0.2, 0.25) is 0 Å². The van der Waals surface area contributed by atoms with Gasteiger partial charge in [-0.1, -0.05) is 6.58 Å². The van der Waals surface area contributed by atoms with E-state index in [0.717, 1.165) is 0 Å². The maximum atomic E-state index is 12.1. The minimum absolute atomic E-state index is 0.306. The van der Waals surface area contributed by atoms with Crippen molar-refractivity contribution in [2.24, 2.45) is 5.41 Å². The van der Waals surface area contributed by atoms with Crippen molar-refractivity contribution in [3.8, 4) is 0 Å². The maximum Gasteiger partial charge on any atom is 0.333 e. The summed E-state index contributed by atoms with van der Waals surface area (Å²) in [5.74, 6) is -0.901. The third-order valence-electron chi connectivity index (χ3n) is 5.22. The average Bonchev–Trinajstić information content (AvgIpc) is 2.34. The largest absolute Gasteiger partial charge is 0.459 e. The van der Waals surface area contributed by atoms with Crippen molar-refractivity contribution in [2.75, 3.05) is 7.11 Å². The highest BCUT2D eigenvalue weighted by Crippen LogP contribution is 2.53. The lowest BCUT2D eigenvalue weighted by Crippen LogP contribution is -2.68. The van der Waals surface area contributed by atoms with Gasteiger partial charge in [-0.3, -0.25) is 4.79 Å². The fourth-order valence-corrected chi connectivity index (χ4v) is 3.26. The zero-order chi connectivity index (χ0) is 18.9. The Morgan fingerprint density at radius 3 is 1.48 bits per heavy atom. The van der Waals surface area contributed by atoms with Gasteiger partial charge in [0.05, 0.1) is 11.0 Å². The van der Waals surface area contributed by atoms with Crippen LogP contribution in [0.3, 0.4) is 0 Å². The van der Waals surface area contributed by atoms with Gasteiger partial charge in [0.2, 0.25) is 0 Å². The Bertz CT molecular complexity index is 488. The summed E-state index contributed by atoms with van der Waals surface area (Å²) in [4.78, 5) is 23.7. The molecule has 0 saturated carbocycles. The molecule has 1 unspecified atom stereocenters. The van der Waals surface area contributed by atoms with Crippen LogP contribution in [0.1, 0.15) is 62.3 Å². The van der Waals surface area contributed by atoms with Crippen LogP contribution in [-0.2, 0) is 23.8 Å². The first-order valence-corrected chi connectivity index (χ1v) is 7.69. The number of carbonyl (C=O) groups is 2. The summed E-state index contributed by atoms with van der Waals surface area (Å²) in [6, 6.07) is 0. The average molecular weight is 328 g/mol. The van der Waals surface area contributed by atoms with Crippen molar-refractivity contribution in [2.45, 2.75) is 79.1 Å². The molecule has 0 bridgehead atoms. The van der Waals surface area contributed by atoms with E-state index in [1.165, 1.54) is 6.92 Å². The first kappa shape index (κ1) is 21.6.